The van der Waals surface area contributed by atoms with Crippen LogP contribution in [-0.4, -0.2) is 18.9 Å². The molecule has 6 heteroatoms. The first-order valence-electron chi connectivity index (χ1n) is 8.88. The second-order valence-electron chi connectivity index (χ2n) is 6.65. The molecule has 3 rings (SSSR count). The van der Waals surface area contributed by atoms with Crippen molar-refractivity contribution in [3.05, 3.63) is 65.2 Å². The predicted molar refractivity (Wildman–Crippen MR) is 113 cm³/mol. The minimum atomic E-state index is -0.256. The molecule has 28 heavy (non-hydrogen) atoms. The summed E-state index contributed by atoms with van der Waals surface area (Å²) < 4.78 is 5.36. The van der Waals surface area contributed by atoms with Crippen LogP contribution in [0.2, 0.25) is 5.02 Å². The molecule has 0 unspecified atom stereocenters. The van der Waals surface area contributed by atoms with E-state index < -0.39 is 0 Å². The Balaban J connectivity index is 1.87. The molecule has 2 amide bonds. The van der Waals surface area contributed by atoms with E-state index in [9.17, 15) is 9.59 Å². The van der Waals surface area contributed by atoms with E-state index in [2.05, 4.69) is 10.6 Å². The molecule has 0 radical (unpaired) electrons. The maximum Gasteiger partial charge on any atom is 0.256 e. The minimum Gasteiger partial charge on any atom is -0.494 e. The van der Waals surface area contributed by atoms with Crippen LogP contribution in [0.25, 0.3) is 10.8 Å². The van der Waals surface area contributed by atoms with Gasteiger partial charge in [0, 0.05) is 33.6 Å². The van der Waals surface area contributed by atoms with Crippen LogP contribution in [0.1, 0.15) is 24.2 Å². The van der Waals surface area contributed by atoms with E-state index in [4.69, 9.17) is 16.3 Å². The van der Waals surface area contributed by atoms with Gasteiger partial charge in [-0.2, -0.15) is 0 Å². The van der Waals surface area contributed by atoms with Crippen LogP contribution in [0.3, 0.4) is 0 Å². The van der Waals surface area contributed by atoms with Crippen LogP contribution in [0.15, 0.2) is 54.6 Å². The molecule has 0 aromatic heterocycles. The summed E-state index contributed by atoms with van der Waals surface area (Å²) >= 11 is 6.23. The zero-order valence-electron chi connectivity index (χ0n) is 15.9. The Hall–Kier alpha value is -3.05. The quantitative estimate of drug-likeness (QED) is 0.611. The van der Waals surface area contributed by atoms with Crippen LogP contribution >= 0.6 is 11.6 Å². The summed E-state index contributed by atoms with van der Waals surface area (Å²) in [7, 11) is 1.51. The number of fused-ring (bicyclic) bond motifs is 1. The fourth-order valence-electron chi connectivity index (χ4n) is 2.82. The number of methoxy groups -OCH3 is 1. The lowest BCUT2D eigenvalue weighted by Gasteiger charge is -2.14. The number of carbonyl (C=O) groups excluding carboxylic acids is 2. The lowest BCUT2D eigenvalue weighted by Crippen LogP contribution is -2.18. The molecule has 5 nitrogen and oxygen atoms in total. The van der Waals surface area contributed by atoms with Crippen LogP contribution in [0.5, 0.6) is 5.75 Å². The zero-order chi connectivity index (χ0) is 20.3. The molecule has 3 aromatic carbocycles. The first kappa shape index (κ1) is 19.7. The first-order valence-corrected chi connectivity index (χ1v) is 9.26. The van der Waals surface area contributed by atoms with Gasteiger partial charge in [-0.25, -0.2) is 0 Å². The normalized spacial score (nSPS) is 10.8. The van der Waals surface area contributed by atoms with Gasteiger partial charge in [0.1, 0.15) is 5.75 Å². The zero-order valence-corrected chi connectivity index (χ0v) is 16.6. The molecule has 0 spiro atoms. The van der Waals surface area contributed by atoms with E-state index in [1.54, 1.807) is 36.4 Å². The van der Waals surface area contributed by atoms with Gasteiger partial charge >= 0.3 is 0 Å². The third-order valence-corrected chi connectivity index (χ3v) is 4.68. The van der Waals surface area contributed by atoms with Crippen molar-refractivity contribution in [2.75, 3.05) is 17.7 Å². The molecular formula is C22H21ClN2O3. The summed E-state index contributed by atoms with van der Waals surface area (Å²) in [5.74, 6) is -0.0494. The summed E-state index contributed by atoms with van der Waals surface area (Å²) in [6.07, 6.45) is 0. The second kappa shape index (κ2) is 8.31. The van der Waals surface area contributed by atoms with Crippen molar-refractivity contribution >= 4 is 45.6 Å². The number of halogens is 1. The number of rotatable bonds is 5. The highest BCUT2D eigenvalue weighted by Gasteiger charge is 2.14. The van der Waals surface area contributed by atoms with Gasteiger partial charge in [-0.15, -0.1) is 0 Å². The van der Waals surface area contributed by atoms with Crippen molar-refractivity contribution in [1.82, 2.24) is 0 Å². The van der Waals surface area contributed by atoms with Gasteiger partial charge in [-0.1, -0.05) is 49.7 Å². The average Bonchev–Trinajstić information content (AvgIpc) is 2.68. The third kappa shape index (κ3) is 4.10. The lowest BCUT2D eigenvalue weighted by molar-refractivity contribution is -0.118. The van der Waals surface area contributed by atoms with E-state index >= 15 is 0 Å². The maximum atomic E-state index is 12.8. The van der Waals surface area contributed by atoms with E-state index in [1.807, 2.05) is 32.0 Å². The number of benzene rings is 3. The van der Waals surface area contributed by atoms with E-state index in [0.717, 1.165) is 10.8 Å². The standard InChI is InChI=1S/C22H21ClN2O3/c1-13(2)21(26)25-19-11-10-14(12-20(19)28-3)24-22(27)17-8-4-7-16-15(17)6-5-9-18(16)23/h4-13H,1-3H3,(H,24,27)(H,25,26). The molecule has 0 heterocycles. The van der Waals surface area contributed by atoms with E-state index in [1.165, 1.54) is 7.11 Å². The molecule has 0 saturated heterocycles. The smallest absolute Gasteiger partial charge is 0.256 e. The Morgan fingerprint density at radius 3 is 2.39 bits per heavy atom. The molecule has 0 aliphatic rings. The van der Waals surface area contributed by atoms with Gasteiger partial charge in [0.2, 0.25) is 5.91 Å². The maximum absolute atomic E-state index is 12.8. The Labute approximate surface area is 168 Å². The monoisotopic (exact) mass is 396 g/mol. The van der Waals surface area contributed by atoms with Gasteiger partial charge in [0.05, 0.1) is 12.8 Å². The molecule has 0 aliphatic carbocycles. The second-order valence-corrected chi connectivity index (χ2v) is 7.06. The molecule has 0 aliphatic heterocycles. The SMILES string of the molecule is COc1cc(NC(=O)c2cccc3c(Cl)cccc23)ccc1NC(=O)C(C)C. The highest BCUT2D eigenvalue weighted by atomic mass is 35.5. The first-order chi connectivity index (χ1) is 13.4. The van der Waals surface area contributed by atoms with Gasteiger partial charge in [-0.05, 0) is 29.7 Å². The topological polar surface area (TPSA) is 67.4 Å². The number of hydrogen-bond acceptors (Lipinski definition) is 3. The highest BCUT2D eigenvalue weighted by Crippen LogP contribution is 2.30. The summed E-state index contributed by atoms with van der Waals surface area (Å²) in [5.41, 5.74) is 1.63. The predicted octanol–water partition coefficient (Wildman–Crippen LogP) is 5.35. The van der Waals surface area contributed by atoms with Crippen LogP contribution in [-0.2, 0) is 4.79 Å². The lowest BCUT2D eigenvalue weighted by atomic mass is 10.0. The van der Waals surface area contributed by atoms with Crippen molar-refractivity contribution in [3.8, 4) is 5.75 Å². The van der Waals surface area contributed by atoms with Gasteiger partial charge < -0.3 is 15.4 Å². The van der Waals surface area contributed by atoms with Crippen molar-refractivity contribution < 1.29 is 14.3 Å². The van der Waals surface area contributed by atoms with Crippen molar-refractivity contribution in [3.63, 3.8) is 0 Å². The fraction of sp³-hybridized carbons (Fsp3) is 0.182. The van der Waals surface area contributed by atoms with Crippen LogP contribution in [0.4, 0.5) is 11.4 Å². The summed E-state index contributed by atoms with van der Waals surface area (Å²) in [4.78, 5) is 24.8. The minimum absolute atomic E-state index is 0.109. The van der Waals surface area contributed by atoms with Crippen molar-refractivity contribution in [2.24, 2.45) is 5.92 Å². The van der Waals surface area contributed by atoms with Crippen LogP contribution < -0.4 is 15.4 Å². The summed E-state index contributed by atoms with van der Waals surface area (Å²) in [6.45, 7) is 3.62. The van der Waals surface area contributed by atoms with E-state index in [-0.39, 0.29) is 17.7 Å². The molecule has 3 aromatic rings. The van der Waals surface area contributed by atoms with Gasteiger partial charge in [0.15, 0.2) is 0 Å². The Morgan fingerprint density at radius 2 is 1.68 bits per heavy atom. The average molecular weight is 397 g/mol. The summed E-state index contributed by atoms with van der Waals surface area (Å²) in [6, 6.07) is 16.0. The number of ether oxygens (including phenoxy) is 1. The number of hydrogen-bond donors (Lipinski definition) is 2. The Morgan fingerprint density at radius 1 is 0.964 bits per heavy atom. The number of anilines is 2. The largest absolute Gasteiger partial charge is 0.494 e. The molecule has 144 valence electrons. The van der Waals surface area contributed by atoms with Crippen molar-refractivity contribution in [1.29, 1.82) is 0 Å². The van der Waals surface area contributed by atoms with E-state index in [0.29, 0.717) is 27.7 Å². The van der Waals surface area contributed by atoms with Crippen molar-refractivity contribution in [2.45, 2.75) is 13.8 Å². The Bertz CT molecular complexity index is 1050. The molecular weight excluding hydrogens is 376 g/mol. The molecule has 0 atom stereocenters. The van der Waals surface area contributed by atoms with Gasteiger partial charge in [-0.3, -0.25) is 9.59 Å². The number of nitrogens with one attached hydrogen (secondary N) is 2. The highest BCUT2D eigenvalue weighted by molar-refractivity contribution is 6.36. The van der Waals surface area contributed by atoms with Gasteiger partial charge in [0.25, 0.3) is 5.91 Å². The summed E-state index contributed by atoms with van der Waals surface area (Å²) in [5, 5.41) is 7.88. The number of amides is 2. The molecule has 0 saturated carbocycles. The number of carbonyl (C=O) groups is 2. The van der Waals surface area contributed by atoms with Crippen LogP contribution in [0, 0.1) is 5.92 Å². The Kier molecular flexibility index (Phi) is 5.85. The molecule has 0 fully saturated rings. The third-order valence-electron chi connectivity index (χ3n) is 4.36. The fourth-order valence-corrected chi connectivity index (χ4v) is 3.05. The molecule has 0 bridgehead atoms. The molecule has 2 N–H and O–H groups in total.